The Kier molecular flexibility index (Phi) is 11.2. The first-order valence-electron chi connectivity index (χ1n) is 3.80. The molecule has 0 aliphatic rings. The van der Waals surface area contributed by atoms with Crippen molar-refractivity contribution in [2.24, 2.45) is 0 Å². The summed E-state index contributed by atoms with van der Waals surface area (Å²) in [6, 6.07) is 0. The van der Waals surface area contributed by atoms with Crippen LogP contribution in [0, 0.1) is 0 Å². The zero-order chi connectivity index (χ0) is 15.0. The van der Waals surface area contributed by atoms with E-state index in [0.29, 0.717) is 0 Å². The number of hydrogen-bond donors (Lipinski definition) is 4. The molecule has 0 amide bonds. The highest BCUT2D eigenvalue weighted by Crippen LogP contribution is 2.45. The summed E-state index contributed by atoms with van der Waals surface area (Å²) in [6.07, 6.45) is 0. The third kappa shape index (κ3) is 26.0. The topological polar surface area (TPSA) is 134 Å². The van der Waals surface area contributed by atoms with Crippen LogP contribution in [0.1, 0.15) is 0 Å². The van der Waals surface area contributed by atoms with Crippen LogP contribution >= 0.6 is 62.0 Å². The molecule has 0 fully saturated rings. The third-order valence-corrected chi connectivity index (χ3v) is 2.17. The molecule has 8 nitrogen and oxygen atoms in total. The largest absolute Gasteiger partial charge is 0.472 e. The van der Waals surface area contributed by atoms with Crippen LogP contribution in [-0.2, 0) is 18.2 Å². The van der Waals surface area contributed by atoms with E-state index < -0.39 is 26.0 Å². The zero-order valence-electron chi connectivity index (χ0n) is 8.45. The van der Waals surface area contributed by atoms with Crippen molar-refractivity contribution >= 4 is 62.0 Å². The molecule has 0 aromatic heterocycles. The molecule has 0 heterocycles. The number of rotatable bonds is 5. The monoisotopic (exact) mass is 388 g/mol. The van der Waals surface area contributed by atoms with Crippen LogP contribution < -0.4 is 0 Å². The van der Waals surface area contributed by atoms with Crippen molar-refractivity contribution < 1.29 is 37.8 Å². The van der Waals surface area contributed by atoms with Gasteiger partial charge >= 0.3 is 15.6 Å². The third-order valence-electron chi connectivity index (χ3n) is 0.723. The van der Waals surface area contributed by atoms with Gasteiger partial charge < -0.3 is 19.6 Å². The van der Waals surface area contributed by atoms with Gasteiger partial charge in [0.2, 0.25) is 3.79 Å². The Hall–Kier alpha value is 1.38. The Morgan fingerprint density at radius 1 is 1.00 bits per heavy atom. The molecule has 0 spiro atoms. The molecule has 0 aliphatic heterocycles. The Morgan fingerprint density at radius 2 is 1.39 bits per heavy atom. The minimum atomic E-state index is -4.64. The summed E-state index contributed by atoms with van der Waals surface area (Å²) >= 11 is 21.0. The number of alkyl halides is 4. The van der Waals surface area contributed by atoms with Crippen molar-refractivity contribution in [2.45, 2.75) is 3.79 Å². The highest BCUT2D eigenvalue weighted by atomic mass is 35.6. The van der Waals surface area contributed by atoms with Crippen LogP contribution in [0.25, 0.3) is 0 Å². The smallest absolute Gasteiger partial charge is 0.303 e. The molecule has 0 bridgehead atoms. The van der Waals surface area contributed by atoms with E-state index in [2.05, 4.69) is 9.05 Å². The van der Waals surface area contributed by atoms with Crippen LogP contribution in [0.15, 0.2) is 0 Å². The molecule has 1 unspecified atom stereocenters. The lowest BCUT2D eigenvalue weighted by atomic mass is 10.9. The maximum Gasteiger partial charge on any atom is 0.472 e. The van der Waals surface area contributed by atoms with Gasteiger partial charge in [-0.3, -0.25) is 9.05 Å². The second-order valence-electron chi connectivity index (χ2n) is 2.39. The molecule has 4 N–H and O–H groups in total. The summed E-state index contributed by atoms with van der Waals surface area (Å²) in [4.78, 5) is 30.4. The number of halogens is 4. The average molecular weight is 390 g/mol. The van der Waals surface area contributed by atoms with E-state index in [-0.39, 0.29) is 12.5 Å². The Bertz CT molecular complexity index is 304. The number of phosphoric ester groups is 1. The molecule has 112 valence electrons. The molecule has 0 rings (SSSR count). The molecule has 0 saturated carbocycles. The van der Waals surface area contributed by atoms with Crippen LogP contribution in [0.2, 0.25) is 0 Å². The van der Waals surface area contributed by atoms with Crippen LogP contribution in [-0.4, -0.2) is 42.5 Å². The molecule has 0 saturated heterocycles. The van der Waals surface area contributed by atoms with Crippen LogP contribution in [0.5, 0.6) is 0 Å². The molecule has 0 aliphatic carbocycles. The van der Waals surface area contributed by atoms with Crippen molar-refractivity contribution in [3.8, 4) is 0 Å². The molecule has 0 aromatic carbocycles. The summed E-state index contributed by atoms with van der Waals surface area (Å²) in [5.41, 5.74) is 0. The van der Waals surface area contributed by atoms with Crippen LogP contribution in [0.3, 0.4) is 0 Å². The number of phosphoric acid groups is 2. The summed E-state index contributed by atoms with van der Waals surface area (Å²) < 4.78 is 26.7. The predicted molar refractivity (Wildman–Crippen MR) is 67.0 cm³/mol. The predicted octanol–water partition coefficient (Wildman–Crippen LogP) is 1.80. The second kappa shape index (κ2) is 9.34. The quantitative estimate of drug-likeness (QED) is 0.413. The molecule has 1 atom stereocenters. The average Bonchev–Trinajstić information content (AvgIpc) is 2.08. The normalized spacial score (nSPS) is 15.6. The van der Waals surface area contributed by atoms with Gasteiger partial charge in [-0.25, -0.2) is 9.13 Å². The van der Waals surface area contributed by atoms with Crippen molar-refractivity contribution in [2.75, 3.05) is 19.1 Å². The van der Waals surface area contributed by atoms with Crippen molar-refractivity contribution in [3.63, 3.8) is 0 Å². The fourth-order valence-corrected chi connectivity index (χ4v) is 1.67. The molecular weight excluding hydrogens is 380 g/mol. The van der Waals surface area contributed by atoms with E-state index in [0.717, 1.165) is 0 Å². The van der Waals surface area contributed by atoms with Gasteiger partial charge in [0.15, 0.2) is 0 Å². The van der Waals surface area contributed by atoms with Gasteiger partial charge in [-0.05, 0) is 0 Å². The van der Waals surface area contributed by atoms with Gasteiger partial charge in [0.1, 0.15) is 6.61 Å². The fraction of sp³-hybridized carbons (Fsp3) is 1.00. The first-order valence-corrected chi connectivity index (χ1v) is 8.52. The first-order chi connectivity index (χ1) is 7.77. The minimum Gasteiger partial charge on any atom is -0.303 e. The highest BCUT2D eigenvalue weighted by molar-refractivity contribution is 7.47. The Morgan fingerprint density at radius 3 is 1.67 bits per heavy atom. The Balaban J connectivity index is 0. The Labute approximate surface area is 123 Å². The lowest BCUT2D eigenvalue weighted by Gasteiger charge is -2.14. The van der Waals surface area contributed by atoms with E-state index >= 15 is 0 Å². The lowest BCUT2D eigenvalue weighted by Crippen LogP contribution is -2.12. The van der Waals surface area contributed by atoms with Gasteiger partial charge in [-0.15, -0.1) is 11.6 Å². The summed E-state index contributed by atoms with van der Waals surface area (Å²) in [6.45, 7) is -0.650. The highest BCUT2D eigenvalue weighted by Gasteiger charge is 2.28. The maximum atomic E-state index is 10.9. The minimum absolute atomic E-state index is 0.0711. The molecule has 14 heteroatoms. The summed E-state index contributed by atoms with van der Waals surface area (Å²) in [5.74, 6) is 0.0711. The van der Waals surface area contributed by atoms with Gasteiger partial charge in [0, 0.05) is 5.88 Å². The van der Waals surface area contributed by atoms with E-state index in [1.807, 2.05) is 0 Å². The molecular formula is C4H10Cl4O8P2. The van der Waals surface area contributed by atoms with Crippen LogP contribution in [0.4, 0.5) is 0 Å². The fourth-order valence-electron chi connectivity index (χ4n) is 0.342. The number of hydrogen-bond acceptors (Lipinski definition) is 4. The summed E-state index contributed by atoms with van der Waals surface area (Å²) in [7, 11) is -8.78. The SMILES string of the molecule is O=P(O)(O)O.O=P(O)(OCCCl)OCC(Cl)(Cl)Cl. The standard InChI is InChI=1S/C4H7Cl4O4P.H3O4P/c5-1-2-11-13(9,10)12-3-4(6,7)8;1-5(2,3)4/h1-3H2,(H,9,10);(H3,1,2,3,4). The van der Waals surface area contributed by atoms with E-state index in [4.69, 9.17) is 70.5 Å². The molecule has 18 heavy (non-hydrogen) atoms. The zero-order valence-corrected chi connectivity index (χ0v) is 13.3. The maximum absolute atomic E-state index is 10.9. The molecule has 0 radical (unpaired) electrons. The van der Waals surface area contributed by atoms with Gasteiger partial charge in [-0.1, -0.05) is 34.8 Å². The molecule has 0 aromatic rings. The van der Waals surface area contributed by atoms with Gasteiger partial charge in [-0.2, -0.15) is 0 Å². The van der Waals surface area contributed by atoms with Crippen molar-refractivity contribution in [1.82, 2.24) is 0 Å². The summed E-state index contributed by atoms with van der Waals surface area (Å²) in [5, 5.41) is 0. The lowest BCUT2D eigenvalue weighted by molar-refractivity contribution is 0.158. The van der Waals surface area contributed by atoms with E-state index in [1.165, 1.54) is 0 Å². The van der Waals surface area contributed by atoms with Gasteiger partial charge in [0.05, 0.1) is 6.61 Å². The van der Waals surface area contributed by atoms with E-state index in [1.54, 1.807) is 0 Å². The van der Waals surface area contributed by atoms with E-state index in [9.17, 15) is 4.57 Å². The van der Waals surface area contributed by atoms with Gasteiger partial charge in [0.25, 0.3) is 0 Å². The van der Waals surface area contributed by atoms with Crippen molar-refractivity contribution in [1.29, 1.82) is 0 Å². The second-order valence-corrected chi connectivity index (χ2v) is 7.77. The van der Waals surface area contributed by atoms with Crippen molar-refractivity contribution in [3.05, 3.63) is 0 Å². The first kappa shape index (κ1) is 21.7.